The van der Waals surface area contributed by atoms with Crippen LogP contribution in [-0.4, -0.2) is 21.8 Å². The number of aromatic nitrogens is 1. The summed E-state index contributed by atoms with van der Waals surface area (Å²) in [7, 11) is 0. The predicted octanol–water partition coefficient (Wildman–Crippen LogP) is 6.64. The van der Waals surface area contributed by atoms with E-state index in [1.165, 1.54) is 23.1 Å². The summed E-state index contributed by atoms with van der Waals surface area (Å²) in [5, 5.41) is 11.5. The van der Waals surface area contributed by atoms with Crippen molar-refractivity contribution in [3.8, 4) is 5.75 Å². The molecule has 2 heterocycles. The highest BCUT2D eigenvalue weighted by molar-refractivity contribution is 7.22. The van der Waals surface area contributed by atoms with Crippen molar-refractivity contribution in [2.45, 2.75) is 12.6 Å². The van der Waals surface area contributed by atoms with E-state index in [1.807, 2.05) is 30.3 Å². The zero-order valence-corrected chi connectivity index (χ0v) is 21.3. The number of hydrogen-bond acceptors (Lipinski definition) is 6. The zero-order valence-electron chi connectivity index (χ0n) is 20.5. The monoisotopic (exact) mass is 536 g/mol. The molecule has 1 aromatic heterocycles. The molecule has 1 saturated heterocycles. The lowest BCUT2D eigenvalue weighted by atomic mass is 9.95. The predicted molar refractivity (Wildman–Crippen MR) is 148 cm³/mol. The first-order valence-corrected chi connectivity index (χ1v) is 13.0. The number of nitrogens with zero attached hydrogens (tertiary/aromatic N) is 2. The Kier molecular flexibility index (Phi) is 6.38. The minimum atomic E-state index is -0.946. The van der Waals surface area contributed by atoms with Crippen molar-refractivity contribution in [1.29, 1.82) is 0 Å². The number of ketones is 1. The Morgan fingerprint density at radius 1 is 0.923 bits per heavy atom. The van der Waals surface area contributed by atoms with Crippen LogP contribution in [0.5, 0.6) is 5.75 Å². The number of aliphatic hydroxyl groups is 1. The van der Waals surface area contributed by atoms with Crippen molar-refractivity contribution < 1.29 is 23.8 Å². The van der Waals surface area contributed by atoms with E-state index < -0.39 is 23.5 Å². The Labute approximate surface area is 227 Å². The lowest BCUT2D eigenvalue weighted by Crippen LogP contribution is -2.29. The van der Waals surface area contributed by atoms with Gasteiger partial charge in [-0.15, -0.1) is 0 Å². The van der Waals surface area contributed by atoms with Crippen LogP contribution in [0, 0.1) is 5.82 Å². The molecule has 0 radical (unpaired) electrons. The molecule has 0 bridgehead atoms. The molecule has 6 rings (SSSR count). The molecule has 1 aliphatic heterocycles. The Bertz CT molecular complexity index is 1720. The van der Waals surface area contributed by atoms with E-state index in [-0.39, 0.29) is 16.5 Å². The Balaban J connectivity index is 1.42. The van der Waals surface area contributed by atoms with Crippen molar-refractivity contribution in [2.24, 2.45) is 0 Å². The van der Waals surface area contributed by atoms with Crippen molar-refractivity contribution >= 4 is 44.1 Å². The Morgan fingerprint density at radius 3 is 2.33 bits per heavy atom. The molecule has 4 aromatic carbocycles. The quantitative estimate of drug-likeness (QED) is 0.150. The summed E-state index contributed by atoms with van der Waals surface area (Å²) < 4.78 is 20.3. The first-order valence-electron chi connectivity index (χ1n) is 12.2. The number of thiazole rings is 1. The number of aliphatic hydroxyl groups excluding tert-OH is 1. The van der Waals surface area contributed by atoms with Crippen LogP contribution >= 0.6 is 11.3 Å². The molecule has 1 unspecified atom stereocenters. The smallest absolute Gasteiger partial charge is 0.301 e. The standard InChI is InChI=1S/C31H21FN2O4S/c32-22-13-16-24-25(17-22)39-31(33-24)34-27(26(29(36)30(34)37)28(35)21-9-5-2-6-10-21)20-11-14-23(15-12-20)38-18-19-7-3-1-4-8-19/h1-17,27,35H,18H2/b28-26+. The first kappa shape index (κ1) is 24.5. The number of benzene rings is 4. The largest absolute Gasteiger partial charge is 0.507 e. The summed E-state index contributed by atoms with van der Waals surface area (Å²) >= 11 is 1.10. The summed E-state index contributed by atoms with van der Waals surface area (Å²) in [4.78, 5) is 32.6. The maximum absolute atomic E-state index is 13.9. The van der Waals surface area contributed by atoms with Gasteiger partial charge in [0.1, 0.15) is 23.9 Å². The van der Waals surface area contributed by atoms with Gasteiger partial charge in [-0.25, -0.2) is 9.37 Å². The molecule has 5 aromatic rings. The summed E-state index contributed by atoms with van der Waals surface area (Å²) in [6.07, 6.45) is 0. The van der Waals surface area contributed by atoms with Crippen LogP contribution in [0.1, 0.15) is 22.7 Å². The van der Waals surface area contributed by atoms with Gasteiger partial charge < -0.3 is 9.84 Å². The van der Waals surface area contributed by atoms with Gasteiger partial charge in [-0.05, 0) is 41.5 Å². The highest BCUT2D eigenvalue weighted by atomic mass is 32.1. The third-order valence-electron chi connectivity index (χ3n) is 6.48. The summed E-state index contributed by atoms with van der Waals surface area (Å²) in [5.41, 5.74) is 2.48. The van der Waals surface area contributed by atoms with E-state index >= 15 is 0 Å². The van der Waals surface area contributed by atoms with Crippen molar-refractivity contribution in [1.82, 2.24) is 4.98 Å². The lowest BCUT2D eigenvalue weighted by Gasteiger charge is -2.23. The van der Waals surface area contributed by atoms with Gasteiger partial charge in [0.25, 0.3) is 5.78 Å². The van der Waals surface area contributed by atoms with E-state index in [0.717, 1.165) is 16.9 Å². The fraction of sp³-hybridized carbons (Fsp3) is 0.0645. The number of carbonyl (C=O) groups excluding carboxylic acids is 2. The number of rotatable bonds is 6. The van der Waals surface area contributed by atoms with Crippen LogP contribution in [0.4, 0.5) is 9.52 Å². The van der Waals surface area contributed by atoms with Gasteiger partial charge in [0.05, 0.1) is 21.8 Å². The average Bonchev–Trinajstić information content (AvgIpc) is 3.50. The van der Waals surface area contributed by atoms with Crippen LogP contribution in [0.2, 0.25) is 0 Å². The highest BCUT2D eigenvalue weighted by Crippen LogP contribution is 2.44. The molecule has 1 atom stereocenters. The Morgan fingerprint density at radius 2 is 1.62 bits per heavy atom. The fourth-order valence-electron chi connectivity index (χ4n) is 4.57. The minimum absolute atomic E-state index is 0.0467. The Hall–Kier alpha value is -4.82. The molecule has 192 valence electrons. The maximum Gasteiger partial charge on any atom is 0.301 e. The van der Waals surface area contributed by atoms with Gasteiger partial charge in [0, 0.05) is 5.56 Å². The molecule has 1 N–H and O–H groups in total. The number of halogens is 1. The topological polar surface area (TPSA) is 79.7 Å². The summed E-state index contributed by atoms with van der Waals surface area (Å²) in [6, 6.07) is 28.6. The van der Waals surface area contributed by atoms with Gasteiger partial charge in [-0.2, -0.15) is 0 Å². The number of carbonyl (C=O) groups is 2. The van der Waals surface area contributed by atoms with E-state index in [0.29, 0.717) is 33.7 Å². The minimum Gasteiger partial charge on any atom is -0.507 e. The molecular formula is C31H21FN2O4S. The van der Waals surface area contributed by atoms with E-state index in [4.69, 9.17) is 4.74 Å². The SMILES string of the molecule is O=C1C(=O)N(c2nc3ccc(F)cc3s2)C(c2ccc(OCc3ccccc3)cc2)/C1=C(\O)c1ccccc1. The van der Waals surface area contributed by atoms with Gasteiger partial charge in [0.2, 0.25) is 0 Å². The van der Waals surface area contributed by atoms with Gasteiger partial charge in [-0.1, -0.05) is 84.1 Å². The first-order chi connectivity index (χ1) is 19.0. The van der Waals surface area contributed by atoms with Crippen LogP contribution in [0.15, 0.2) is 109 Å². The average molecular weight is 537 g/mol. The second kappa shape index (κ2) is 10.2. The zero-order chi connectivity index (χ0) is 26.9. The van der Waals surface area contributed by atoms with E-state index in [1.54, 1.807) is 54.6 Å². The number of hydrogen-bond donors (Lipinski definition) is 1. The molecule has 1 fully saturated rings. The molecule has 1 amide bonds. The fourth-order valence-corrected chi connectivity index (χ4v) is 5.59. The molecular weight excluding hydrogens is 515 g/mol. The highest BCUT2D eigenvalue weighted by Gasteiger charge is 2.48. The third kappa shape index (κ3) is 4.66. The number of amides is 1. The molecule has 0 spiro atoms. The van der Waals surface area contributed by atoms with Crippen LogP contribution in [0.3, 0.4) is 0 Å². The van der Waals surface area contributed by atoms with Crippen LogP contribution < -0.4 is 9.64 Å². The van der Waals surface area contributed by atoms with Crippen LogP contribution in [0.25, 0.3) is 16.0 Å². The molecule has 8 heteroatoms. The second-order valence-corrected chi connectivity index (χ2v) is 10.00. The van der Waals surface area contributed by atoms with E-state index in [2.05, 4.69) is 4.98 Å². The van der Waals surface area contributed by atoms with Crippen molar-refractivity contribution in [2.75, 3.05) is 4.90 Å². The molecule has 0 aliphatic carbocycles. The van der Waals surface area contributed by atoms with Gasteiger partial charge in [0.15, 0.2) is 5.13 Å². The van der Waals surface area contributed by atoms with Gasteiger partial charge in [-0.3, -0.25) is 14.5 Å². The van der Waals surface area contributed by atoms with Gasteiger partial charge >= 0.3 is 5.91 Å². The van der Waals surface area contributed by atoms with Crippen molar-refractivity contribution in [3.63, 3.8) is 0 Å². The van der Waals surface area contributed by atoms with Crippen LogP contribution in [-0.2, 0) is 16.2 Å². The summed E-state index contributed by atoms with van der Waals surface area (Å²) in [5.74, 6) is -1.74. The lowest BCUT2D eigenvalue weighted by molar-refractivity contribution is -0.132. The summed E-state index contributed by atoms with van der Waals surface area (Å²) in [6.45, 7) is 0.384. The molecule has 1 aliphatic rings. The molecule has 6 nitrogen and oxygen atoms in total. The maximum atomic E-state index is 13.9. The second-order valence-electron chi connectivity index (χ2n) is 8.99. The molecule has 39 heavy (non-hydrogen) atoms. The normalized spacial score (nSPS) is 16.6. The molecule has 0 saturated carbocycles. The number of Topliss-reactive ketones (excluding diaryl/α,β-unsaturated/α-hetero) is 1. The number of ether oxygens (including phenoxy) is 1. The van der Waals surface area contributed by atoms with Crippen molar-refractivity contribution in [3.05, 3.63) is 131 Å². The number of fused-ring (bicyclic) bond motifs is 1. The third-order valence-corrected chi connectivity index (χ3v) is 7.50. The van der Waals surface area contributed by atoms with E-state index in [9.17, 15) is 19.1 Å². The number of anilines is 1.